The van der Waals surface area contributed by atoms with Gasteiger partial charge in [-0.15, -0.1) is 0 Å². The average Bonchev–Trinajstić information content (AvgIpc) is 3.10. The number of aromatic nitrogens is 2. The van der Waals surface area contributed by atoms with Crippen LogP contribution in [-0.4, -0.2) is 71.9 Å². The molecule has 0 spiro atoms. The van der Waals surface area contributed by atoms with Crippen molar-refractivity contribution in [3.63, 3.8) is 0 Å². The minimum Gasteiger partial charge on any atom is -0.352 e. The lowest BCUT2D eigenvalue weighted by Crippen LogP contribution is -2.41. The minimum absolute atomic E-state index is 0.0865. The first-order valence-electron chi connectivity index (χ1n) is 12.0. The van der Waals surface area contributed by atoms with Gasteiger partial charge in [-0.2, -0.15) is 9.40 Å². The van der Waals surface area contributed by atoms with Gasteiger partial charge in [0, 0.05) is 51.5 Å². The Morgan fingerprint density at radius 2 is 1.62 bits per heavy atom. The second-order valence-electron chi connectivity index (χ2n) is 9.19. The van der Waals surface area contributed by atoms with Crippen molar-refractivity contribution in [2.75, 3.05) is 32.7 Å². The maximum absolute atomic E-state index is 13.0. The van der Waals surface area contributed by atoms with E-state index in [-0.39, 0.29) is 16.7 Å². The lowest BCUT2D eigenvalue weighted by molar-refractivity contribution is 0.0684. The molecule has 0 aliphatic carbocycles. The van der Waals surface area contributed by atoms with E-state index in [9.17, 15) is 18.0 Å². The molecule has 1 N–H and O–H groups in total. The summed E-state index contributed by atoms with van der Waals surface area (Å²) < 4.78 is 29.1. The number of hydrogen-bond acceptors (Lipinski definition) is 5. The molecule has 9 nitrogen and oxygen atoms in total. The number of benzene rings is 1. The first kappa shape index (κ1) is 24.4. The van der Waals surface area contributed by atoms with E-state index in [1.807, 2.05) is 0 Å². The molecule has 2 aromatic rings. The predicted octanol–water partition coefficient (Wildman–Crippen LogP) is 2.27. The number of amides is 2. The fourth-order valence-electron chi connectivity index (χ4n) is 4.60. The van der Waals surface area contributed by atoms with Crippen LogP contribution in [0.3, 0.4) is 0 Å². The molecule has 0 bridgehead atoms. The van der Waals surface area contributed by atoms with Crippen LogP contribution in [0, 0.1) is 5.92 Å². The van der Waals surface area contributed by atoms with Crippen molar-refractivity contribution in [1.29, 1.82) is 0 Å². The van der Waals surface area contributed by atoms with Gasteiger partial charge in [0.2, 0.25) is 10.0 Å². The summed E-state index contributed by atoms with van der Waals surface area (Å²) in [4.78, 5) is 27.2. The average molecular weight is 488 g/mol. The number of nitrogens with zero attached hydrogens (tertiary/aromatic N) is 4. The van der Waals surface area contributed by atoms with Gasteiger partial charge in [-0.05, 0) is 55.9 Å². The van der Waals surface area contributed by atoms with Crippen molar-refractivity contribution < 1.29 is 18.0 Å². The quantitative estimate of drug-likeness (QED) is 0.673. The van der Waals surface area contributed by atoms with Gasteiger partial charge in [0.1, 0.15) is 0 Å². The van der Waals surface area contributed by atoms with Crippen LogP contribution in [0.2, 0.25) is 0 Å². The molecule has 10 heteroatoms. The fourth-order valence-corrected chi connectivity index (χ4v) is 6.12. The Morgan fingerprint density at radius 3 is 2.21 bits per heavy atom. The summed E-state index contributed by atoms with van der Waals surface area (Å²) >= 11 is 0. The van der Waals surface area contributed by atoms with Crippen molar-refractivity contribution in [2.24, 2.45) is 13.0 Å². The molecule has 2 amide bonds. The van der Waals surface area contributed by atoms with Crippen LogP contribution < -0.4 is 5.32 Å². The van der Waals surface area contributed by atoms with E-state index < -0.39 is 10.0 Å². The number of carbonyl (C=O) groups excluding carboxylic acids is 2. The number of hydrogen-bond donors (Lipinski definition) is 1. The number of rotatable bonds is 6. The Hall–Kier alpha value is -2.72. The van der Waals surface area contributed by atoms with Gasteiger partial charge >= 0.3 is 0 Å². The Bertz CT molecular complexity index is 1100. The Morgan fingerprint density at radius 1 is 0.971 bits per heavy atom. The van der Waals surface area contributed by atoms with Crippen molar-refractivity contribution in [2.45, 2.75) is 43.4 Å². The third kappa shape index (κ3) is 5.67. The van der Waals surface area contributed by atoms with E-state index in [1.165, 1.54) is 0 Å². The highest BCUT2D eigenvalue weighted by atomic mass is 32.2. The van der Waals surface area contributed by atoms with E-state index in [0.29, 0.717) is 49.8 Å². The van der Waals surface area contributed by atoms with Crippen LogP contribution in [0.4, 0.5) is 0 Å². The zero-order chi connectivity index (χ0) is 24.1. The third-order valence-corrected chi connectivity index (χ3v) is 8.64. The predicted molar refractivity (Wildman–Crippen MR) is 128 cm³/mol. The minimum atomic E-state index is -3.52. The number of aryl methyl sites for hydroxylation is 1. The van der Waals surface area contributed by atoms with Crippen molar-refractivity contribution in [3.05, 3.63) is 47.8 Å². The van der Waals surface area contributed by atoms with Gasteiger partial charge in [-0.3, -0.25) is 14.3 Å². The molecule has 0 atom stereocenters. The zero-order valence-electron chi connectivity index (χ0n) is 19.6. The Balaban J connectivity index is 1.28. The highest BCUT2D eigenvalue weighted by molar-refractivity contribution is 7.89. The summed E-state index contributed by atoms with van der Waals surface area (Å²) in [5, 5.41) is 6.97. The lowest BCUT2D eigenvalue weighted by Gasteiger charge is -2.32. The monoisotopic (exact) mass is 487 g/mol. The summed E-state index contributed by atoms with van der Waals surface area (Å²) in [7, 11) is -1.75. The molecule has 2 fully saturated rings. The molecule has 0 saturated carbocycles. The van der Waals surface area contributed by atoms with Gasteiger partial charge in [-0.25, -0.2) is 8.42 Å². The topological polar surface area (TPSA) is 105 Å². The van der Waals surface area contributed by atoms with E-state index in [2.05, 4.69) is 10.4 Å². The van der Waals surface area contributed by atoms with Gasteiger partial charge in [-0.1, -0.05) is 12.8 Å². The lowest BCUT2D eigenvalue weighted by atomic mass is 9.96. The maximum atomic E-state index is 13.0. The molecule has 1 aromatic carbocycles. The SMILES string of the molecule is Cn1cc(C(=O)NCC2CCN(C(=O)c3ccc(S(=O)(=O)N4CCCCCC4)cc3)CC2)cn1. The summed E-state index contributed by atoms with van der Waals surface area (Å²) in [5.41, 5.74) is 1.04. The van der Waals surface area contributed by atoms with Gasteiger partial charge in [0.05, 0.1) is 16.7 Å². The van der Waals surface area contributed by atoms with Gasteiger partial charge in [0.15, 0.2) is 0 Å². The van der Waals surface area contributed by atoms with Crippen molar-refractivity contribution >= 4 is 21.8 Å². The molecule has 2 aliphatic heterocycles. The molecule has 1 aromatic heterocycles. The van der Waals surface area contributed by atoms with Gasteiger partial charge in [0.25, 0.3) is 11.8 Å². The molecule has 4 rings (SSSR count). The molecule has 2 aliphatic rings. The molecule has 0 unspecified atom stereocenters. The first-order chi connectivity index (χ1) is 16.3. The molecule has 3 heterocycles. The second-order valence-corrected chi connectivity index (χ2v) is 11.1. The molecule has 184 valence electrons. The van der Waals surface area contributed by atoms with Crippen LogP contribution in [0.5, 0.6) is 0 Å². The summed E-state index contributed by atoms with van der Waals surface area (Å²) in [5.74, 6) is 0.0872. The molecule has 0 radical (unpaired) electrons. The van der Waals surface area contributed by atoms with Gasteiger partial charge < -0.3 is 10.2 Å². The summed E-state index contributed by atoms with van der Waals surface area (Å²) in [6.45, 7) is 2.90. The number of piperidine rings is 1. The Kier molecular flexibility index (Phi) is 7.67. The summed E-state index contributed by atoms with van der Waals surface area (Å²) in [6.07, 6.45) is 8.74. The number of carbonyl (C=O) groups is 2. The normalized spacial score (nSPS) is 18.4. The standard InChI is InChI=1S/C24H33N5O4S/c1-27-18-21(17-26-27)23(30)25-16-19-10-14-28(15-11-19)24(31)20-6-8-22(9-7-20)34(32,33)29-12-4-2-3-5-13-29/h6-9,17-19H,2-5,10-16H2,1H3,(H,25,30). The van der Waals surface area contributed by atoms with E-state index in [1.54, 1.807) is 57.6 Å². The summed E-state index contributed by atoms with van der Waals surface area (Å²) in [6, 6.07) is 6.34. The van der Waals surface area contributed by atoms with Crippen LogP contribution in [0.1, 0.15) is 59.2 Å². The third-order valence-electron chi connectivity index (χ3n) is 6.72. The van der Waals surface area contributed by atoms with Crippen LogP contribution in [-0.2, 0) is 17.1 Å². The highest BCUT2D eigenvalue weighted by Crippen LogP contribution is 2.22. The van der Waals surface area contributed by atoms with Crippen LogP contribution in [0.25, 0.3) is 0 Å². The molecule has 2 saturated heterocycles. The zero-order valence-corrected chi connectivity index (χ0v) is 20.5. The first-order valence-corrected chi connectivity index (χ1v) is 13.4. The largest absolute Gasteiger partial charge is 0.352 e. The Labute approximate surface area is 201 Å². The molecular formula is C24H33N5O4S. The highest BCUT2D eigenvalue weighted by Gasteiger charge is 2.27. The van der Waals surface area contributed by atoms with E-state index in [0.717, 1.165) is 38.5 Å². The van der Waals surface area contributed by atoms with Crippen LogP contribution in [0.15, 0.2) is 41.6 Å². The van der Waals surface area contributed by atoms with Crippen LogP contribution >= 0.6 is 0 Å². The second kappa shape index (κ2) is 10.7. The van der Waals surface area contributed by atoms with E-state index >= 15 is 0 Å². The number of nitrogens with one attached hydrogen (secondary N) is 1. The van der Waals surface area contributed by atoms with Crippen molar-refractivity contribution in [3.8, 4) is 0 Å². The fraction of sp³-hybridized carbons (Fsp3) is 0.542. The number of sulfonamides is 1. The number of likely N-dealkylation sites (tertiary alicyclic amines) is 1. The molecule has 34 heavy (non-hydrogen) atoms. The van der Waals surface area contributed by atoms with E-state index in [4.69, 9.17) is 0 Å². The maximum Gasteiger partial charge on any atom is 0.254 e. The van der Waals surface area contributed by atoms with Crippen molar-refractivity contribution in [1.82, 2.24) is 24.3 Å². The smallest absolute Gasteiger partial charge is 0.254 e. The molecular weight excluding hydrogens is 454 g/mol.